The molecule has 0 bridgehead atoms. The molecule has 0 aliphatic carbocycles. The van der Waals surface area contributed by atoms with Gasteiger partial charge >= 0.3 is 5.97 Å². The number of ether oxygens (including phenoxy) is 3. The number of carbonyl (C=O) groups excluding carboxylic acids is 2. The number of hydrogen-bond acceptors (Lipinski definition) is 11. The quantitative estimate of drug-likeness (QED) is 0.0736. The first kappa shape index (κ1) is 34.3. The van der Waals surface area contributed by atoms with E-state index in [-0.39, 0.29) is 13.0 Å². The topological polar surface area (TPSA) is 233 Å². The van der Waals surface area contributed by atoms with E-state index >= 15 is 0 Å². The SMILES string of the molecule is C#CCCOc1ccc(CO[C@]2(C(=O)O)C[C@H](O)[C@@H](NC(=O)CO)[C@H]([C@H](O)[C@H](O)CNC(=O)Cc3ccc4nc[nH]c4c3)O2)cc1. The summed E-state index contributed by atoms with van der Waals surface area (Å²) in [7, 11) is 0. The highest BCUT2D eigenvalue weighted by molar-refractivity contribution is 5.81. The molecule has 6 atom stereocenters. The number of benzene rings is 2. The molecule has 15 nitrogen and oxygen atoms in total. The van der Waals surface area contributed by atoms with Crippen molar-refractivity contribution in [2.45, 2.75) is 62.1 Å². The Morgan fingerprint density at radius 1 is 1.15 bits per heavy atom. The monoisotopic (exact) mass is 640 g/mol. The summed E-state index contributed by atoms with van der Waals surface area (Å²) in [6, 6.07) is 10.2. The number of aromatic amines is 1. The maximum atomic E-state index is 12.6. The Bertz CT molecular complexity index is 1540. The maximum Gasteiger partial charge on any atom is 0.364 e. The van der Waals surface area contributed by atoms with E-state index in [9.17, 15) is 39.9 Å². The molecule has 0 unspecified atom stereocenters. The van der Waals surface area contributed by atoms with E-state index in [1.165, 1.54) is 6.33 Å². The molecule has 1 aromatic heterocycles. The van der Waals surface area contributed by atoms with Crippen LogP contribution in [0.4, 0.5) is 0 Å². The van der Waals surface area contributed by atoms with Gasteiger partial charge in [-0.1, -0.05) is 18.2 Å². The second-order valence-corrected chi connectivity index (χ2v) is 10.7. The van der Waals surface area contributed by atoms with Crippen molar-refractivity contribution in [1.29, 1.82) is 0 Å². The van der Waals surface area contributed by atoms with Crippen LogP contribution >= 0.6 is 0 Å². The minimum atomic E-state index is -2.51. The highest BCUT2D eigenvalue weighted by Crippen LogP contribution is 2.34. The number of carbonyl (C=O) groups is 3. The molecule has 1 aliphatic heterocycles. The lowest BCUT2D eigenvalue weighted by Gasteiger charge is -2.46. The Kier molecular flexibility index (Phi) is 11.7. The number of terminal acetylenes is 1. The van der Waals surface area contributed by atoms with Gasteiger partial charge in [0.2, 0.25) is 11.8 Å². The highest BCUT2D eigenvalue weighted by Gasteiger charge is 2.55. The standard InChI is InChI=1S/C31H36N4O11/c1-2-3-10-44-20-7-4-18(5-8-20)16-45-31(30(42)43)13-23(37)27(35-26(40)15-36)29(46-31)28(41)24(38)14-32-25(39)12-19-6-9-21-22(11-19)34-17-33-21/h1,4-9,11,17,23-24,27-29,36-38,41H,3,10,12-16H2,(H,32,39)(H,33,34)(H,35,40)(H,42,43)/t23-,24+,27+,28+,29+,31+/m0/s1. The van der Waals surface area contributed by atoms with Gasteiger partial charge in [0.25, 0.3) is 5.79 Å². The van der Waals surface area contributed by atoms with Crippen LogP contribution in [0.2, 0.25) is 0 Å². The average molecular weight is 641 g/mol. The molecule has 4 rings (SSSR count). The van der Waals surface area contributed by atoms with Gasteiger partial charge in [-0.2, -0.15) is 0 Å². The fourth-order valence-electron chi connectivity index (χ4n) is 4.96. The fraction of sp³-hybridized carbons (Fsp3) is 0.419. The Balaban J connectivity index is 1.44. The van der Waals surface area contributed by atoms with Gasteiger partial charge < -0.3 is 55.4 Å². The van der Waals surface area contributed by atoms with Gasteiger partial charge in [0.05, 0.1) is 55.2 Å². The summed E-state index contributed by atoms with van der Waals surface area (Å²) in [6.45, 7) is -1.45. The Morgan fingerprint density at radius 3 is 2.59 bits per heavy atom. The van der Waals surface area contributed by atoms with Crippen LogP contribution in [0.25, 0.3) is 11.0 Å². The summed E-state index contributed by atoms with van der Waals surface area (Å²) in [5.41, 5.74) is 2.63. The number of rotatable bonds is 15. The van der Waals surface area contributed by atoms with Gasteiger partial charge in [-0.05, 0) is 35.4 Å². The van der Waals surface area contributed by atoms with Crippen molar-refractivity contribution < 1.29 is 54.1 Å². The molecular formula is C31H36N4O11. The number of aliphatic carboxylic acids is 1. The van der Waals surface area contributed by atoms with E-state index < -0.39 is 73.6 Å². The molecule has 2 amide bonds. The van der Waals surface area contributed by atoms with Crippen molar-refractivity contribution >= 4 is 28.8 Å². The number of aliphatic hydroxyl groups is 4. The molecule has 0 radical (unpaired) electrons. The average Bonchev–Trinajstić information content (AvgIpc) is 3.52. The van der Waals surface area contributed by atoms with Crippen molar-refractivity contribution in [1.82, 2.24) is 20.6 Å². The van der Waals surface area contributed by atoms with Gasteiger partial charge in [0.15, 0.2) is 0 Å². The fourth-order valence-corrected chi connectivity index (χ4v) is 4.96. The Labute approximate surface area is 263 Å². The lowest BCUT2D eigenvalue weighted by Crippen LogP contribution is -2.68. The van der Waals surface area contributed by atoms with E-state index in [1.807, 2.05) is 0 Å². The van der Waals surface area contributed by atoms with Crippen molar-refractivity contribution in [3.8, 4) is 18.1 Å². The third-order valence-corrected chi connectivity index (χ3v) is 7.37. The number of hydrogen-bond donors (Lipinski definition) is 8. The second kappa shape index (κ2) is 15.6. The third-order valence-electron chi connectivity index (χ3n) is 7.37. The van der Waals surface area contributed by atoms with Gasteiger partial charge in [0, 0.05) is 19.4 Å². The molecule has 2 aromatic carbocycles. The first-order chi connectivity index (χ1) is 22.0. The lowest BCUT2D eigenvalue weighted by atomic mass is 9.88. The first-order valence-electron chi connectivity index (χ1n) is 14.4. The zero-order valence-electron chi connectivity index (χ0n) is 24.7. The zero-order chi connectivity index (χ0) is 33.3. The Hall–Kier alpha value is -4.56. The number of H-pyrrole nitrogens is 1. The molecule has 2 heterocycles. The predicted molar refractivity (Wildman–Crippen MR) is 160 cm³/mol. The third kappa shape index (κ3) is 8.57. The minimum absolute atomic E-state index is 0.0560. The molecule has 246 valence electrons. The lowest BCUT2D eigenvalue weighted by molar-refractivity contribution is -0.314. The van der Waals surface area contributed by atoms with E-state index in [1.54, 1.807) is 42.5 Å². The van der Waals surface area contributed by atoms with E-state index in [2.05, 4.69) is 26.5 Å². The van der Waals surface area contributed by atoms with Crippen LogP contribution in [-0.4, -0.2) is 109 Å². The van der Waals surface area contributed by atoms with Gasteiger partial charge in [-0.3, -0.25) is 9.59 Å². The summed E-state index contributed by atoms with van der Waals surface area (Å²) < 4.78 is 16.9. The number of nitrogens with zero attached hydrogens (tertiary/aromatic N) is 1. The molecule has 0 spiro atoms. The van der Waals surface area contributed by atoms with Crippen LogP contribution in [-0.2, 0) is 36.9 Å². The molecule has 8 N–H and O–H groups in total. The number of aromatic nitrogens is 2. The van der Waals surface area contributed by atoms with Gasteiger partial charge in [-0.25, -0.2) is 9.78 Å². The number of carboxylic acid groups (broad SMARTS) is 1. The number of nitrogens with one attached hydrogen (secondary N) is 3. The summed E-state index contributed by atoms with van der Waals surface area (Å²) in [4.78, 5) is 44.2. The number of carboxylic acids is 1. The second-order valence-electron chi connectivity index (χ2n) is 10.7. The van der Waals surface area contributed by atoms with Gasteiger partial charge in [0.1, 0.15) is 24.6 Å². The van der Waals surface area contributed by atoms with Crippen LogP contribution in [0.5, 0.6) is 5.75 Å². The summed E-state index contributed by atoms with van der Waals surface area (Å²) in [6.07, 6.45) is -0.671. The molecule has 1 aliphatic rings. The molecule has 3 aromatic rings. The summed E-state index contributed by atoms with van der Waals surface area (Å²) in [5.74, 6) is -2.60. The van der Waals surface area contributed by atoms with Crippen molar-refractivity contribution in [2.75, 3.05) is 19.8 Å². The highest BCUT2D eigenvalue weighted by atomic mass is 16.7. The zero-order valence-corrected chi connectivity index (χ0v) is 24.7. The summed E-state index contributed by atoms with van der Waals surface area (Å²) >= 11 is 0. The van der Waals surface area contributed by atoms with Crippen molar-refractivity contribution in [3.63, 3.8) is 0 Å². The smallest absolute Gasteiger partial charge is 0.364 e. The predicted octanol–water partition coefficient (Wildman–Crippen LogP) is -1.03. The summed E-state index contributed by atoms with van der Waals surface area (Å²) in [5, 5.41) is 57.0. The van der Waals surface area contributed by atoms with Crippen LogP contribution in [0.15, 0.2) is 48.8 Å². The minimum Gasteiger partial charge on any atom is -0.493 e. The van der Waals surface area contributed by atoms with Crippen molar-refractivity contribution in [2.24, 2.45) is 0 Å². The largest absolute Gasteiger partial charge is 0.493 e. The van der Waals surface area contributed by atoms with E-state index in [0.717, 1.165) is 11.0 Å². The molecule has 46 heavy (non-hydrogen) atoms. The van der Waals surface area contributed by atoms with E-state index in [4.69, 9.17) is 20.6 Å². The van der Waals surface area contributed by atoms with Crippen LogP contribution < -0.4 is 15.4 Å². The van der Waals surface area contributed by atoms with E-state index in [0.29, 0.717) is 29.9 Å². The first-order valence-corrected chi connectivity index (χ1v) is 14.4. The van der Waals surface area contributed by atoms with Crippen LogP contribution in [0, 0.1) is 12.3 Å². The number of imidazole rings is 1. The number of fused-ring (bicyclic) bond motifs is 1. The molecular weight excluding hydrogens is 604 g/mol. The number of aliphatic hydroxyl groups excluding tert-OH is 4. The number of amides is 2. The Morgan fingerprint density at radius 2 is 1.89 bits per heavy atom. The maximum absolute atomic E-state index is 12.6. The van der Waals surface area contributed by atoms with Crippen LogP contribution in [0.3, 0.4) is 0 Å². The molecule has 1 fully saturated rings. The molecule has 1 saturated heterocycles. The molecule has 0 saturated carbocycles. The molecule has 15 heteroatoms. The van der Waals surface area contributed by atoms with Gasteiger partial charge in [-0.15, -0.1) is 12.3 Å². The van der Waals surface area contributed by atoms with Crippen molar-refractivity contribution in [3.05, 3.63) is 59.9 Å². The van der Waals surface area contributed by atoms with Crippen LogP contribution in [0.1, 0.15) is 24.0 Å². The normalized spacial score (nSPS) is 22.4.